The Kier molecular flexibility index (Phi) is 3.85. The first-order chi connectivity index (χ1) is 9.00. The summed E-state index contributed by atoms with van der Waals surface area (Å²) in [6.45, 7) is 4.65. The first-order valence-electron chi connectivity index (χ1n) is 6.44. The fraction of sp³-hybridized carbons (Fsp3) is 0.429. The predicted molar refractivity (Wildman–Crippen MR) is 73.9 cm³/mol. The number of anilines is 1. The van der Waals surface area contributed by atoms with Gasteiger partial charge in [-0.25, -0.2) is 0 Å². The highest BCUT2D eigenvalue weighted by molar-refractivity contribution is 5.99. The minimum atomic E-state index is -0.482. The third-order valence-electron chi connectivity index (χ3n) is 3.72. The maximum Gasteiger partial charge on any atom is 0.249 e. The van der Waals surface area contributed by atoms with Crippen molar-refractivity contribution in [2.45, 2.75) is 26.3 Å². The number of carbonyl (C=O) groups excluding carboxylic acids is 2. The SMILES string of the molecule is Cc1c(NC(=O)C2CCNC2C)cccc1C(N)=O. The summed E-state index contributed by atoms with van der Waals surface area (Å²) < 4.78 is 0. The Bertz CT molecular complexity index is 513. The van der Waals surface area contributed by atoms with Gasteiger partial charge in [-0.05, 0) is 44.5 Å². The molecule has 19 heavy (non-hydrogen) atoms. The van der Waals surface area contributed by atoms with Crippen molar-refractivity contribution in [2.24, 2.45) is 11.7 Å². The molecule has 0 saturated carbocycles. The highest BCUT2D eigenvalue weighted by atomic mass is 16.2. The number of nitrogens with one attached hydrogen (secondary N) is 2. The Hall–Kier alpha value is -1.88. The summed E-state index contributed by atoms with van der Waals surface area (Å²) in [6, 6.07) is 5.35. The quantitative estimate of drug-likeness (QED) is 0.759. The van der Waals surface area contributed by atoms with Gasteiger partial charge in [0.05, 0.1) is 5.92 Å². The van der Waals surface area contributed by atoms with E-state index in [1.165, 1.54) is 0 Å². The van der Waals surface area contributed by atoms with Crippen molar-refractivity contribution in [1.82, 2.24) is 5.32 Å². The van der Waals surface area contributed by atoms with Gasteiger partial charge in [-0.2, -0.15) is 0 Å². The van der Waals surface area contributed by atoms with Crippen LogP contribution in [0.3, 0.4) is 0 Å². The van der Waals surface area contributed by atoms with Crippen LogP contribution in [-0.2, 0) is 4.79 Å². The van der Waals surface area contributed by atoms with Crippen LogP contribution in [0, 0.1) is 12.8 Å². The third kappa shape index (κ3) is 2.76. The molecule has 1 aliphatic heterocycles. The number of hydrogen-bond acceptors (Lipinski definition) is 3. The fourth-order valence-corrected chi connectivity index (χ4v) is 2.48. The Balaban J connectivity index is 2.17. The van der Waals surface area contributed by atoms with E-state index in [2.05, 4.69) is 10.6 Å². The summed E-state index contributed by atoms with van der Waals surface area (Å²) in [5.74, 6) is -0.525. The van der Waals surface area contributed by atoms with Crippen LogP contribution in [0.1, 0.15) is 29.3 Å². The van der Waals surface area contributed by atoms with E-state index in [1.54, 1.807) is 25.1 Å². The molecule has 1 saturated heterocycles. The summed E-state index contributed by atoms with van der Waals surface area (Å²) >= 11 is 0. The van der Waals surface area contributed by atoms with Crippen molar-refractivity contribution in [3.63, 3.8) is 0 Å². The zero-order valence-corrected chi connectivity index (χ0v) is 11.2. The zero-order chi connectivity index (χ0) is 14.0. The van der Waals surface area contributed by atoms with Gasteiger partial charge in [-0.3, -0.25) is 9.59 Å². The molecular formula is C14H19N3O2. The van der Waals surface area contributed by atoms with Gasteiger partial charge in [0, 0.05) is 17.3 Å². The molecule has 0 spiro atoms. The largest absolute Gasteiger partial charge is 0.366 e. The molecule has 1 aromatic rings. The lowest BCUT2D eigenvalue weighted by atomic mass is 10.00. The molecule has 2 unspecified atom stereocenters. The van der Waals surface area contributed by atoms with E-state index in [1.807, 2.05) is 6.92 Å². The lowest BCUT2D eigenvalue weighted by Crippen LogP contribution is -2.32. The van der Waals surface area contributed by atoms with Crippen LogP contribution in [0.4, 0.5) is 5.69 Å². The summed E-state index contributed by atoms with van der Waals surface area (Å²) in [5.41, 5.74) is 7.10. The molecule has 1 fully saturated rings. The molecule has 0 aliphatic carbocycles. The molecule has 5 heteroatoms. The highest BCUT2D eigenvalue weighted by Gasteiger charge is 2.29. The van der Waals surface area contributed by atoms with Crippen molar-refractivity contribution in [1.29, 1.82) is 0 Å². The van der Waals surface area contributed by atoms with Crippen molar-refractivity contribution >= 4 is 17.5 Å². The van der Waals surface area contributed by atoms with E-state index in [-0.39, 0.29) is 17.9 Å². The molecule has 4 N–H and O–H groups in total. The summed E-state index contributed by atoms with van der Waals surface area (Å²) in [6.07, 6.45) is 0.835. The predicted octanol–water partition coefficient (Wildman–Crippen LogP) is 1.03. The minimum absolute atomic E-state index is 0.0118. The first-order valence-corrected chi connectivity index (χ1v) is 6.44. The van der Waals surface area contributed by atoms with Crippen LogP contribution in [0.15, 0.2) is 18.2 Å². The molecule has 0 radical (unpaired) electrons. The van der Waals surface area contributed by atoms with Gasteiger partial charge in [0.15, 0.2) is 0 Å². The van der Waals surface area contributed by atoms with Gasteiger partial charge in [-0.1, -0.05) is 6.07 Å². The molecule has 1 aliphatic rings. The van der Waals surface area contributed by atoms with Gasteiger partial charge >= 0.3 is 0 Å². The molecule has 2 atom stereocenters. The normalized spacial score (nSPS) is 22.2. The van der Waals surface area contributed by atoms with E-state index in [0.717, 1.165) is 13.0 Å². The standard InChI is InChI=1S/C14H19N3O2/c1-8-10(13(15)18)4-3-5-12(8)17-14(19)11-6-7-16-9(11)2/h3-5,9,11,16H,6-7H2,1-2H3,(H2,15,18)(H,17,19). The summed E-state index contributed by atoms with van der Waals surface area (Å²) in [7, 11) is 0. The smallest absolute Gasteiger partial charge is 0.249 e. The van der Waals surface area contributed by atoms with Gasteiger partial charge in [0.1, 0.15) is 0 Å². The number of carbonyl (C=O) groups is 2. The molecule has 1 aromatic carbocycles. The van der Waals surface area contributed by atoms with Crippen molar-refractivity contribution in [3.8, 4) is 0 Å². The molecule has 1 heterocycles. The van der Waals surface area contributed by atoms with Crippen LogP contribution >= 0.6 is 0 Å². The molecule has 102 valence electrons. The van der Waals surface area contributed by atoms with Crippen LogP contribution in [-0.4, -0.2) is 24.4 Å². The Morgan fingerprint density at radius 2 is 2.16 bits per heavy atom. The van der Waals surface area contributed by atoms with Crippen LogP contribution < -0.4 is 16.4 Å². The number of hydrogen-bond donors (Lipinski definition) is 3. The van der Waals surface area contributed by atoms with Gasteiger partial charge in [0.25, 0.3) is 0 Å². The lowest BCUT2D eigenvalue weighted by Gasteiger charge is -2.16. The second-order valence-electron chi connectivity index (χ2n) is 4.97. The van der Waals surface area contributed by atoms with E-state index >= 15 is 0 Å². The second-order valence-corrected chi connectivity index (χ2v) is 4.97. The Labute approximate surface area is 112 Å². The molecule has 0 aromatic heterocycles. The van der Waals surface area contributed by atoms with Gasteiger partial charge < -0.3 is 16.4 Å². The number of benzene rings is 1. The monoisotopic (exact) mass is 261 g/mol. The average Bonchev–Trinajstić information content (AvgIpc) is 2.77. The maximum absolute atomic E-state index is 12.2. The number of amides is 2. The van der Waals surface area contributed by atoms with Crippen LogP contribution in [0.2, 0.25) is 0 Å². The zero-order valence-electron chi connectivity index (χ0n) is 11.2. The molecule has 5 nitrogen and oxygen atoms in total. The van der Waals surface area contributed by atoms with E-state index in [0.29, 0.717) is 16.8 Å². The summed E-state index contributed by atoms with van der Waals surface area (Å²) in [5, 5.41) is 6.14. The minimum Gasteiger partial charge on any atom is -0.366 e. The van der Waals surface area contributed by atoms with E-state index in [9.17, 15) is 9.59 Å². The molecule has 0 bridgehead atoms. The number of rotatable bonds is 3. The first kappa shape index (κ1) is 13.5. The second kappa shape index (κ2) is 5.40. The van der Waals surface area contributed by atoms with Crippen LogP contribution in [0.25, 0.3) is 0 Å². The van der Waals surface area contributed by atoms with E-state index < -0.39 is 5.91 Å². The fourth-order valence-electron chi connectivity index (χ4n) is 2.48. The Morgan fingerprint density at radius 1 is 1.42 bits per heavy atom. The average molecular weight is 261 g/mol. The van der Waals surface area contributed by atoms with E-state index in [4.69, 9.17) is 5.73 Å². The van der Waals surface area contributed by atoms with Gasteiger partial charge in [-0.15, -0.1) is 0 Å². The molecule has 2 rings (SSSR count). The maximum atomic E-state index is 12.2. The third-order valence-corrected chi connectivity index (χ3v) is 3.72. The van der Waals surface area contributed by atoms with Crippen molar-refractivity contribution < 1.29 is 9.59 Å². The van der Waals surface area contributed by atoms with Crippen molar-refractivity contribution in [2.75, 3.05) is 11.9 Å². The van der Waals surface area contributed by atoms with Crippen LogP contribution in [0.5, 0.6) is 0 Å². The van der Waals surface area contributed by atoms with Gasteiger partial charge in [0.2, 0.25) is 11.8 Å². The number of primary amides is 1. The summed E-state index contributed by atoms with van der Waals surface area (Å²) in [4.78, 5) is 23.5. The lowest BCUT2D eigenvalue weighted by molar-refractivity contribution is -0.120. The number of nitrogens with two attached hydrogens (primary N) is 1. The Morgan fingerprint density at radius 3 is 2.74 bits per heavy atom. The van der Waals surface area contributed by atoms with Crippen molar-refractivity contribution in [3.05, 3.63) is 29.3 Å². The molecular weight excluding hydrogens is 242 g/mol. The topological polar surface area (TPSA) is 84.2 Å². The highest BCUT2D eigenvalue weighted by Crippen LogP contribution is 2.22. The molecule has 2 amide bonds.